The summed E-state index contributed by atoms with van der Waals surface area (Å²) in [5.74, 6) is 0. The number of hydrogen-bond acceptors (Lipinski definition) is 2. The third kappa shape index (κ3) is 3.06. The van der Waals surface area contributed by atoms with Crippen molar-refractivity contribution in [1.29, 1.82) is 0 Å². The number of urea groups is 1. The highest BCUT2D eigenvalue weighted by atomic mass is 35.5. The van der Waals surface area contributed by atoms with Crippen molar-refractivity contribution in [2.45, 2.75) is 12.5 Å². The molecule has 3 rings (SSSR count). The maximum atomic E-state index is 12.4. The van der Waals surface area contributed by atoms with Gasteiger partial charge in [-0.2, -0.15) is 5.10 Å². The number of anilines is 1. The summed E-state index contributed by atoms with van der Waals surface area (Å²) >= 11 is 5.92. The molecule has 5 heteroatoms. The Morgan fingerprint density at radius 2 is 2.00 bits per heavy atom. The number of nitrogens with zero attached hydrogens (tertiary/aromatic N) is 2. The molecular weight excluding hydrogens is 286 g/mol. The summed E-state index contributed by atoms with van der Waals surface area (Å²) in [6.45, 7) is 0. The summed E-state index contributed by atoms with van der Waals surface area (Å²) in [6.07, 6.45) is 2.47. The van der Waals surface area contributed by atoms with Gasteiger partial charge >= 0.3 is 6.03 Å². The van der Waals surface area contributed by atoms with Crippen LogP contribution in [0.4, 0.5) is 10.5 Å². The van der Waals surface area contributed by atoms with Gasteiger partial charge in [-0.25, -0.2) is 9.80 Å². The summed E-state index contributed by atoms with van der Waals surface area (Å²) in [5, 5.41) is 9.04. The third-order valence-electron chi connectivity index (χ3n) is 3.30. The van der Waals surface area contributed by atoms with Crippen molar-refractivity contribution in [2.75, 3.05) is 5.32 Å². The van der Waals surface area contributed by atoms with Crippen molar-refractivity contribution in [2.24, 2.45) is 5.10 Å². The van der Waals surface area contributed by atoms with Gasteiger partial charge in [0.2, 0.25) is 0 Å². The molecule has 0 saturated carbocycles. The molecule has 2 aromatic carbocycles. The van der Waals surface area contributed by atoms with E-state index in [4.69, 9.17) is 11.6 Å². The molecule has 0 saturated heterocycles. The minimum atomic E-state index is -0.264. The molecule has 0 spiro atoms. The van der Waals surface area contributed by atoms with Crippen LogP contribution in [0.25, 0.3) is 0 Å². The molecule has 2 aromatic rings. The SMILES string of the molecule is O=C(Nc1cccc(Cl)c1)N1N=CC[C@H]1c1ccccc1. The molecule has 1 aliphatic heterocycles. The molecule has 2 amide bonds. The van der Waals surface area contributed by atoms with Crippen LogP contribution in [0.5, 0.6) is 0 Å². The molecule has 1 aliphatic rings. The number of hydrogen-bond donors (Lipinski definition) is 1. The van der Waals surface area contributed by atoms with E-state index < -0.39 is 0 Å². The predicted molar refractivity (Wildman–Crippen MR) is 84.6 cm³/mol. The van der Waals surface area contributed by atoms with Crippen molar-refractivity contribution < 1.29 is 4.79 Å². The maximum Gasteiger partial charge on any atom is 0.342 e. The van der Waals surface area contributed by atoms with E-state index in [-0.39, 0.29) is 12.1 Å². The minimum absolute atomic E-state index is 0.0645. The molecule has 0 radical (unpaired) electrons. The summed E-state index contributed by atoms with van der Waals surface area (Å²) in [7, 11) is 0. The molecule has 21 heavy (non-hydrogen) atoms. The molecular formula is C16H14ClN3O. The van der Waals surface area contributed by atoms with E-state index in [2.05, 4.69) is 10.4 Å². The van der Waals surface area contributed by atoms with Crippen LogP contribution in [0, 0.1) is 0 Å². The lowest BCUT2D eigenvalue weighted by atomic mass is 10.1. The number of carbonyl (C=O) groups is 1. The van der Waals surface area contributed by atoms with E-state index >= 15 is 0 Å². The fourth-order valence-corrected chi connectivity index (χ4v) is 2.50. The van der Waals surface area contributed by atoms with E-state index in [9.17, 15) is 4.79 Å². The number of halogens is 1. The van der Waals surface area contributed by atoms with Crippen molar-refractivity contribution >= 4 is 29.5 Å². The van der Waals surface area contributed by atoms with Crippen LogP contribution in [0.2, 0.25) is 5.02 Å². The normalized spacial score (nSPS) is 17.0. The Bertz CT molecular complexity index is 672. The van der Waals surface area contributed by atoms with Gasteiger partial charge in [-0.3, -0.25) is 0 Å². The summed E-state index contributed by atoms with van der Waals surface area (Å²) in [6, 6.07) is 16.6. The predicted octanol–water partition coefficient (Wildman–Crippen LogP) is 4.30. The van der Waals surface area contributed by atoms with Crippen LogP contribution < -0.4 is 5.32 Å². The Labute approximate surface area is 128 Å². The standard InChI is InChI=1S/C16H14ClN3O/c17-13-7-4-8-14(11-13)19-16(21)20-15(9-10-18-20)12-5-2-1-3-6-12/h1-8,10-11,15H,9H2,(H,19,21)/t15-/m0/s1. The monoisotopic (exact) mass is 299 g/mol. The Morgan fingerprint density at radius 1 is 1.19 bits per heavy atom. The second kappa shape index (κ2) is 5.97. The van der Waals surface area contributed by atoms with Gasteiger partial charge in [-0.1, -0.05) is 48.0 Å². The summed E-state index contributed by atoms with van der Waals surface area (Å²) < 4.78 is 0. The van der Waals surface area contributed by atoms with Gasteiger partial charge in [0, 0.05) is 23.3 Å². The van der Waals surface area contributed by atoms with E-state index in [0.29, 0.717) is 17.1 Å². The zero-order valence-corrected chi connectivity index (χ0v) is 12.0. The Kier molecular flexibility index (Phi) is 3.88. The minimum Gasteiger partial charge on any atom is -0.306 e. The third-order valence-corrected chi connectivity index (χ3v) is 3.53. The second-order valence-electron chi connectivity index (χ2n) is 4.75. The molecule has 106 valence electrons. The van der Waals surface area contributed by atoms with E-state index in [1.54, 1.807) is 30.5 Å². The van der Waals surface area contributed by atoms with Crippen LogP contribution in [-0.2, 0) is 0 Å². The van der Waals surface area contributed by atoms with Gasteiger partial charge in [-0.15, -0.1) is 0 Å². The van der Waals surface area contributed by atoms with Gasteiger partial charge in [0.1, 0.15) is 0 Å². The second-order valence-corrected chi connectivity index (χ2v) is 5.18. The Hall–Kier alpha value is -2.33. The highest BCUT2D eigenvalue weighted by Crippen LogP contribution is 2.28. The smallest absolute Gasteiger partial charge is 0.306 e. The molecule has 4 nitrogen and oxygen atoms in total. The first-order chi connectivity index (χ1) is 10.2. The van der Waals surface area contributed by atoms with E-state index in [1.807, 2.05) is 30.3 Å². The molecule has 0 fully saturated rings. The molecule has 0 unspecified atom stereocenters. The maximum absolute atomic E-state index is 12.4. The van der Waals surface area contributed by atoms with Gasteiger partial charge in [0.05, 0.1) is 6.04 Å². The average Bonchev–Trinajstić information content (AvgIpc) is 2.98. The largest absolute Gasteiger partial charge is 0.342 e. The number of carbonyl (C=O) groups excluding carboxylic acids is 1. The Balaban J connectivity index is 1.76. The first kappa shape index (κ1) is 13.6. The quantitative estimate of drug-likeness (QED) is 0.882. The summed E-state index contributed by atoms with van der Waals surface area (Å²) in [5.41, 5.74) is 1.72. The fraction of sp³-hybridized carbons (Fsp3) is 0.125. The molecule has 1 heterocycles. The molecule has 0 aromatic heterocycles. The molecule has 0 bridgehead atoms. The molecule has 0 aliphatic carbocycles. The van der Waals surface area contributed by atoms with E-state index in [0.717, 1.165) is 5.56 Å². The van der Waals surface area contributed by atoms with Crippen LogP contribution in [0.15, 0.2) is 59.7 Å². The molecule has 1 atom stereocenters. The van der Waals surface area contributed by atoms with Gasteiger partial charge < -0.3 is 5.32 Å². The number of benzene rings is 2. The van der Waals surface area contributed by atoms with E-state index in [1.165, 1.54) is 5.01 Å². The summed E-state index contributed by atoms with van der Waals surface area (Å²) in [4.78, 5) is 12.4. The molecule has 1 N–H and O–H groups in total. The van der Waals surface area contributed by atoms with Gasteiger partial charge in [0.25, 0.3) is 0 Å². The first-order valence-corrected chi connectivity index (χ1v) is 7.05. The van der Waals surface area contributed by atoms with Crippen LogP contribution in [-0.4, -0.2) is 17.3 Å². The fourth-order valence-electron chi connectivity index (χ4n) is 2.31. The van der Waals surface area contributed by atoms with Crippen molar-refractivity contribution in [3.63, 3.8) is 0 Å². The van der Waals surface area contributed by atoms with Crippen molar-refractivity contribution in [3.8, 4) is 0 Å². The zero-order chi connectivity index (χ0) is 14.7. The average molecular weight is 300 g/mol. The Morgan fingerprint density at radius 3 is 2.76 bits per heavy atom. The van der Waals surface area contributed by atoms with Crippen LogP contribution >= 0.6 is 11.6 Å². The van der Waals surface area contributed by atoms with Crippen molar-refractivity contribution in [1.82, 2.24) is 5.01 Å². The lowest BCUT2D eigenvalue weighted by Crippen LogP contribution is -2.31. The topological polar surface area (TPSA) is 44.7 Å². The van der Waals surface area contributed by atoms with Gasteiger partial charge in [-0.05, 0) is 23.8 Å². The van der Waals surface area contributed by atoms with Crippen LogP contribution in [0.3, 0.4) is 0 Å². The zero-order valence-electron chi connectivity index (χ0n) is 11.2. The first-order valence-electron chi connectivity index (χ1n) is 6.67. The number of rotatable bonds is 2. The van der Waals surface area contributed by atoms with Gasteiger partial charge in [0.15, 0.2) is 0 Å². The highest BCUT2D eigenvalue weighted by molar-refractivity contribution is 6.30. The lowest BCUT2D eigenvalue weighted by Gasteiger charge is -2.22. The van der Waals surface area contributed by atoms with Crippen LogP contribution in [0.1, 0.15) is 18.0 Å². The highest BCUT2D eigenvalue weighted by Gasteiger charge is 2.28. The van der Waals surface area contributed by atoms with Crippen molar-refractivity contribution in [3.05, 3.63) is 65.2 Å². The number of nitrogens with one attached hydrogen (secondary N) is 1. The number of hydrazone groups is 1. The number of amides is 2. The lowest BCUT2D eigenvalue weighted by molar-refractivity contribution is 0.200.